The third-order valence-corrected chi connectivity index (χ3v) is 2.11. The van der Waals surface area contributed by atoms with E-state index in [2.05, 4.69) is 15.5 Å². The Bertz CT molecular complexity index is 497. The summed E-state index contributed by atoms with van der Waals surface area (Å²) in [5.41, 5.74) is 0.410. The van der Waals surface area contributed by atoms with E-state index in [1.807, 2.05) is 0 Å². The minimum absolute atomic E-state index is 0.0929. The molecule has 0 spiro atoms. The number of carboxylic acid groups (broad SMARTS) is 1. The minimum atomic E-state index is -1.34. The summed E-state index contributed by atoms with van der Waals surface area (Å²) in [7, 11) is 0. The second kappa shape index (κ2) is 3.66. The normalized spacial score (nSPS) is 10.2. The fraction of sp³-hybridized carbons (Fsp3) is 0. The van der Waals surface area contributed by atoms with Crippen molar-refractivity contribution in [1.82, 2.24) is 20.2 Å². The molecule has 0 unspecified atom stereocenters. The third kappa shape index (κ3) is 1.79. The zero-order valence-electron chi connectivity index (χ0n) is 7.29. The predicted octanol–water partition coefficient (Wildman–Crippen LogP) is -0.321. The maximum absolute atomic E-state index is 10.7. The first-order chi connectivity index (χ1) is 7.18. The number of benzene rings is 1. The number of rotatable bonds is 2. The molecule has 0 atom stereocenters. The molecule has 0 radical (unpaired) electrons. The van der Waals surface area contributed by atoms with Gasteiger partial charge in [-0.25, -0.2) is 4.68 Å². The molecule has 0 aliphatic heterocycles. The van der Waals surface area contributed by atoms with Crippen LogP contribution in [0.3, 0.4) is 0 Å². The lowest BCUT2D eigenvalue weighted by molar-refractivity contribution is -0.255. The van der Waals surface area contributed by atoms with Gasteiger partial charge in [-0.15, -0.1) is 5.10 Å². The maximum atomic E-state index is 10.7. The van der Waals surface area contributed by atoms with Gasteiger partial charge in [0.25, 0.3) is 0 Å². The van der Waals surface area contributed by atoms with E-state index in [-0.39, 0.29) is 10.6 Å². The van der Waals surface area contributed by atoms with Gasteiger partial charge in [0.1, 0.15) is 6.33 Å². The molecule has 76 valence electrons. The lowest BCUT2D eigenvalue weighted by atomic mass is 10.2. The Morgan fingerprint density at radius 2 is 2.27 bits per heavy atom. The van der Waals surface area contributed by atoms with Crippen molar-refractivity contribution >= 4 is 17.6 Å². The highest BCUT2D eigenvalue weighted by atomic mass is 35.5. The summed E-state index contributed by atoms with van der Waals surface area (Å²) >= 11 is 5.67. The lowest BCUT2D eigenvalue weighted by Gasteiger charge is -2.07. The van der Waals surface area contributed by atoms with Crippen LogP contribution in [-0.4, -0.2) is 26.2 Å². The van der Waals surface area contributed by atoms with Gasteiger partial charge in [-0.05, 0) is 28.6 Å². The van der Waals surface area contributed by atoms with E-state index in [1.165, 1.54) is 23.1 Å². The Balaban J connectivity index is 2.52. The molecule has 0 N–H and O–H groups in total. The highest BCUT2D eigenvalue weighted by Crippen LogP contribution is 2.18. The fourth-order valence-corrected chi connectivity index (χ4v) is 1.29. The average molecular weight is 224 g/mol. The van der Waals surface area contributed by atoms with Crippen molar-refractivity contribution in [3.05, 3.63) is 35.1 Å². The van der Waals surface area contributed by atoms with Crippen LogP contribution >= 0.6 is 11.6 Å². The molecule has 15 heavy (non-hydrogen) atoms. The number of carboxylic acids is 1. The third-order valence-electron chi connectivity index (χ3n) is 1.78. The SMILES string of the molecule is O=C([O-])c1cc(-n2cnnn2)ccc1Cl. The number of nitrogens with zero attached hydrogens (tertiary/aromatic N) is 4. The number of hydrogen-bond acceptors (Lipinski definition) is 5. The predicted molar refractivity (Wildman–Crippen MR) is 48.5 cm³/mol. The summed E-state index contributed by atoms with van der Waals surface area (Å²) in [6, 6.07) is 4.39. The van der Waals surface area contributed by atoms with Gasteiger partial charge in [0.2, 0.25) is 0 Å². The van der Waals surface area contributed by atoms with Crippen LogP contribution in [-0.2, 0) is 0 Å². The summed E-state index contributed by atoms with van der Waals surface area (Å²) in [6.45, 7) is 0. The summed E-state index contributed by atoms with van der Waals surface area (Å²) in [5, 5.41) is 21.3. The van der Waals surface area contributed by atoms with Gasteiger partial charge < -0.3 is 9.90 Å². The van der Waals surface area contributed by atoms with E-state index in [4.69, 9.17) is 11.6 Å². The highest BCUT2D eigenvalue weighted by Gasteiger charge is 2.04. The molecule has 0 amide bonds. The largest absolute Gasteiger partial charge is 0.545 e. The van der Waals surface area contributed by atoms with Gasteiger partial charge >= 0.3 is 0 Å². The van der Waals surface area contributed by atoms with Gasteiger partial charge in [0, 0.05) is 10.6 Å². The van der Waals surface area contributed by atoms with Crippen molar-refractivity contribution in [2.45, 2.75) is 0 Å². The summed E-state index contributed by atoms with van der Waals surface area (Å²) in [6.07, 6.45) is 1.35. The van der Waals surface area contributed by atoms with E-state index >= 15 is 0 Å². The first kappa shape index (κ1) is 9.60. The van der Waals surface area contributed by atoms with Crippen molar-refractivity contribution in [3.63, 3.8) is 0 Å². The average Bonchev–Trinajstić information content (AvgIpc) is 2.71. The van der Waals surface area contributed by atoms with Crippen LogP contribution in [0, 0.1) is 0 Å². The first-order valence-corrected chi connectivity index (χ1v) is 4.30. The minimum Gasteiger partial charge on any atom is -0.545 e. The van der Waals surface area contributed by atoms with E-state index in [0.29, 0.717) is 5.69 Å². The number of tetrazole rings is 1. The van der Waals surface area contributed by atoms with Crippen LogP contribution in [0.2, 0.25) is 5.02 Å². The number of hydrogen-bond donors (Lipinski definition) is 0. The molecular weight excluding hydrogens is 220 g/mol. The molecule has 0 saturated heterocycles. The van der Waals surface area contributed by atoms with E-state index < -0.39 is 5.97 Å². The molecule has 0 aliphatic rings. The van der Waals surface area contributed by atoms with Gasteiger partial charge in [-0.3, -0.25) is 0 Å². The first-order valence-electron chi connectivity index (χ1n) is 3.93. The van der Waals surface area contributed by atoms with Gasteiger partial charge in [0.05, 0.1) is 11.7 Å². The van der Waals surface area contributed by atoms with E-state index in [0.717, 1.165) is 0 Å². The van der Waals surface area contributed by atoms with Crippen LogP contribution in [0.15, 0.2) is 24.5 Å². The van der Waals surface area contributed by atoms with Crippen LogP contribution in [0.25, 0.3) is 5.69 Å². The molecule has 1 aromatic heterocycles. The number of carbonyl (C=O) groups is 1. The van der Waals surface area contributed by atoms with Crippen LogP contribution in [0.1, 0.15) is 10.4 Å². The molecule has 0 saturated carbocycles. The Hall–Kier alpha value is -1.95. The second-order valence-corrected chi connectivity index (χ2v) is 3.11. The van der Waals surface area contributed by atoms with Gasteiger partial charge in [0.15, 0.2) is 0 Å². The summed E-state index contributed by atoms with van der Waals surface area (Å²) in [4.78, 5) is 10.7. The molecule has 7 heteroatoms. The van der Waals surface area contributed by atoms with Gasteiger partial charge in [-0.1, -0.05) is 11.6 Å². The second-order valence-electron chi connectivity index (χ2n) is 2.71. The molecule has 2 aromatic rings. The maximum Gasteiger partial charge on any atom is 0.143 e. The Labute approximate surface area is 89.1 Å². The van der Waals surface area contributed by atoms with Crippen LogP contribution < -0.4 is 5.11 Å². The molecule has 1 heterocycles. The number of carbonyl (C=O) groups excluding carboxylic acids is 1. The molecule has 0 aliphatic carbocycles. The Morgan fingerprint density at radius 3 is 2.87 bits per heavy atom. The van der Waals surface area contributed by atoms with Crippen molar-refractivity contribution < 1.29 is 9.90 Å². The molecule has 0 bridgehead atoms. The standard InChI is InChI=1S/C8H5ClN4O2/c9-7-2-1-5(3-6(7)8(14)15)13-4-10-11-12-13/h1-4H,(H,14,15)/p-1. The molecular formula is C8H4ClN4O2-. The quantitative estimate of drug-likeness (QED) is 0.697. The number of halogens is 1. The monoisotopic (exact) mass is 223 g/mol. The highest BCUT2D eigenvalue weighted by molar-refractivity contribution is 6.33. The van der Waals surface area contributed by atoms with Crippen molar-refractivity contribution in [1.29, 1.82) is 0 Å². The smallest absolute Gasteiger partial charge is 0.143 e. The molecule has 2 rings (SSSR count). The van der Waals surface area contributed by atoms with Crippen molar-refractivity contribution in [3.8, 4) is 5.69 Å². The Kier molecular flexibility index (Phi) is 2.34. The van der Waals surface area contributed by atoms with Crippen molar-refractivity contribution in [2.75, 3.05) is 0 Å². The van der Waals surface area contributed by atoms with Crippen LogP contribution in [0.5, 0.6) is 0 Å². The summed E-state index contributed by atoms with van der Waals surface area (Å²) < 4.78 is 1.32. The fourth-order valence-electron chi connectivity index (χ4n) is 1.09. The van der Waals surface area contributed by atoms with Gasteiger partial charge in [-0.2, -0.15) is 0 Å². The van der Waals surface area contributed by atoms with Crippen LogP contribution in [0.4, 0.5) is 0 Å². The van der Waals surface area contributed by atoms with Crippen molar-refractivity contribution in [2.24, 2.45) is 0 Å². The molecule has 0 fully saturated rings. The summed E-state index contributed by atoms with van der Waals surface area (Å²) in [5.74, 6) is -1.34. The zero-order chi connectivity index (χ0) is 10.8. The number of aromatic carboxylic acids is 1. The number of aromatic nitrogens is 4. The Morgan fingerprint density at radius 1 is 1.47 bits per heavy atom. The molecule has 1 aromatic carbocycles. The zero-order valence-corrected chi connectivity index (χ0v) is 8.05. The lowest BCUT2D eigenvalue weighted by Crippen LogP contribution is -2.22. The molecule has 6 nitrogen and oxygen atoms in total. The topological polar surface area (TPSA) is 83.7 Å². The van der Waals surface area contributed by atoms with E-state index in [9.17, 15) is 9.90 Å². The van der Waals surface area contributed by atoms with E-state index in [1.54, 1.807) is 6.07 Å².